The van der Waals surface area contributed by atoms with Crippen molar-refractivity contribution < 1.29 is 9.90 Å². The Morgan fingerprint density at radius 2 is 2.06 bits per heavy atom. The number of carbonyl (C=O) groups excluding carboxylic acids is 1. The molecule has 1 fully saturated rings. The predicted molar refractivity (Wildman–Crippen MR) is 135 cm³/mol. The molecule has 3 N–H and O–H groups in total. The lowest BCUT2D eigenvalue weighted by atomic mass is 9.94. The Kier molecular flexibility index (Phi) is 5.81. The molecular formula is C24H25ClN6O3S. The highest BCUT2D eigenvalue weighted by atomic mass is 35.5. The van der Waals surface area contributed by atoms with Crippen LogP contribution in [-0.4, -0.2) is 61.9 Å². The van der Waals surface area contributed by atoms with E-state index < -0.39 is 5.60 Å². The van der Waals surface area contributed by atoms with Crippen LogP contribution in [0.5, 0.6) is 0 Å². The number of hydrogen-bond donors (Lipinski definition) is 3. The molecule has 6 heterocycles. The molecule has 0 saturated carbocycles. The van der Waals surface area contributed by atoms with Crippen LogP contribution < -0.4 is 16.2 Å². The third-order valence-corrected chi connectivity index (χ3v) is 8.35. The van der Waals surface area contributed by atoms with Crippen LogP contribution in [-0.2, 0) is 23.5 Å². The number of aliphatic hydroxyl groups is 1. The number of piperidine rings is 1. The molecule has 182 valence electrons. The zero-order valence-corrected chi connectivity index (χ0v) is 20.5. The van der Waals surface area contributed by atoms with Crippen molar-refractivity contribution in [1.29, 1.82) is 0 Å². The summed E-state index contributed by atoms with van der Waals surface area (Å²) in [6, 6.07) is 7.52. The molecule has 1 saturated heterocycles. The third kappa shape index (κ3) is 4.23. The molecular weight excluding hydrogens is 488 g/mol. The van der Waals surface area contributed by atoms with Crippen molar-refractivity contribution in [2.45, 2.75) is 42.5 Å². The van der Waals surface area contributed by atoms with Gasteiger partial charge in [0.05, 0.1) is 38.9 Å². The van der Waals surface area contributed by atoms with Crippen LogP contribution >= 0.6 is 23.4 Å². The fourth-order valence-corrected chi connectivity index (χ4v) is 6.40. The monoisotopic (exact) mass is 512 g/mol. The van der Waals surface area contributed by atoms with Crippen LogP contribution in [0.2, 0.25) is 5.02 Å². The first kappa shape index (κ1) is 22.9. The number of β-amino-alcohol motifs (C(OH)–C–C–N with tert-alkyl or cyclic N) is 1. The molecule has 11 heteroatoms. The second-order valence-corrected chi connectivity index (χ2v) is 10.8. The van der Waals surface area contributed by atoms with Crippen LogP contribution in [0.25, 0.3) is 11.0 Å². The smallest absolute Gasteiger partial charge is 0.251 e. The van der Waals surface area contributed by atoms with Crippen molar-refractivity contribution in [3.05, 3.63) is 57.1 Å². The van der Waals surface area contributed by atoms with E-state index in [9.17, 15) is 14.7 Å². The molecule has 3 aliphatic heterocycles. The first-order chi connectivity index (χ1) is 16.9. The molecule has 1 atom stereocenters. The molecule has 1 amide bonds. The zero-order valence-electron chi connectivity index (χ0n) is 19.0. The van der Waals surface area contributed by atoms with Crippen molar-refractivity contribution in [2.75, 3.05) is 30.7 Å². The summed E-state index contributed by atoms with van der Waals surface area (Å²) in [5.41, 5.74) is 1.41. The van der Waals surface area contributed by atoms with Gasteiger partial charge in [-0.15, -0.1) is 11.8 Å². The van der Waals surface area contributed by atoms with Gasteiger partial charge >= 0.3 is 0 Å². The maximum Gasteiger partial charge on any atom is 0.251 e. The number of carbonyl (C=O) groups is 1. The van der Waals surface area contributed by atoms with E-state index in [1.165, 1.54) is 17.8 Å². The maximum absolute atomic E-state index is 12.4. The largest absolute Gasteiger partial charge is 0.382 e. The number of anilines is 1. The number of thioether (sulfide) groups is 1. The Morgan fingerprint density at radius 1 is 1.23 bits per heavy atom. The van der Waals surface area contributed by atoms with Crippen molar-refractivity contribution in [3.8, 4) is 0 Å². The average molecular weight is 513 g/mol. The Morgan fingerprint density at radius 3 is 2.89 bits per heavy atom. The first-order valence-electron chi connectivity index (χ1n) is 11.7. The molecule has 35 heavy (non-hydrogen) atoms. The number of nitrogens with zero attached hydrogens (tertiary/aromatic N) is 4. The van der Waals surface area contributed by atoms with E-state index in [2.05, 4.69) is 25.5 Å². The van der Waals surface area contributed by atoms with E-state index in [4.69, 9.17) is 11.6 Å². The predicted octanol–water partition coefficient (Wildman–Crippen LogP) is 1.94. The van der Waals surface area contributed by atoms with Gasteiger partial charge in [-0.05, 0) is 44.1 Å². The Bertz CT molecular complexity index is 1390. The lowest BCUT2D eigenvalue weighted by Gasteiger charge is -2.37. The minimum absolute atomic E-state index is 0.0156. The molecule has 9 nitrogen and oxygen atoms in total. The van der Waals surface area contributed by atoms with Gasteiger partial charge < -0.3 is 20.3 Å². The Balaban J connectivity index is 1.09. The molecule has 1 unspecified atom stereocenters. The second-order valence-electron chi connectivity index (χ2n) is 9.42. The maximum atomic E-state index is 12.4. The van der Waals surface area contributed by atoms with E-state index in [1.54, 1.807) is 16.8 Å². The number of aromatic nitrogens is 3. The highest BCUT2D eigenvalue weighted by Crippen LogP contribution is 2.40. The van der Waals surface area contributed by atoms with Gasteiger partial charge in [0.1, 0.15) is 11.4 Å². The molecule has 0 aromatic carbocycles. The molecule has 0 radical (unpaired) electrons. The van der Waals surface area contributed by atoms with Gasteiger partial charge in [-0.2, -0.15) is 0 Å². The fourth-order valence-electron chi connectivity index (χ4n) is 5.32. The number of halogens is 1. The third-order valence-electron chi connectivity index (χ3n) is 7.02. The van der Waals surface area contributed by atoms with E-state index in [0.29, 0.717) is 52.3 Å². The minimum Gasteiger partial charge on any atom is -0.382 e. The number of pyridine rings is 3. The van der Waals surface area contributed by atoms with E-state index in [0.717, 1.165) is 36.5 Å². The summed E-state index contributed by atoms with van der Waals surface area (Å²) < 4.78 is 1.59. The van der Waals surface area contributed by atoms with Crippen LogP contribution in [0.4, 0.5) is 5.82 Å². The quantitative estimate of drug-likeness (QED) is 0.475. The summed E-state index contributed by atoms with van der Waals surface area (Å²) in [7, 11) is 0. The lowest BCUT2D eigenvalue weighted by molar-refractivity contribution is -0.113. The number of fused-ring (bicyclic) bond motifs is 1. The highest BCUT2D eigenvalue weighted by molar-refractivity contribution is 8.00. The molecule has 0 aliphatic carbocycles. The lowest BCUT2D eigenvalue weighted by Crippen LogP contribution is -2.48. The summed E-state index contributed by atoms with van der Waals surface area (Å²) in [6.07, 6.45) is 3.42. The number of amides is 1. The van der Waals surface area contributed by atoms with Gasteiger partial charge in [0.15, 0.2) is 0 Å². The van der Waals surface area contributed by atoms with Gasteiger partial charge in [-0.25, -0.2) is 4.98 Å². The SMILES string of the molecule is O=C1CSc2ccc(CNC3CCN(CC4(O)Cn5c(=O)ccc6ncc(Cl)c4c65)CC3)nc2N1. The van der Waals surface area contributed by atoms with Gasteiger partial charge in [-0.3, -0.25) is 19.5 Å². The Labute approximate surface area is 210 Å². The fraction of sp³-hybridized carbons (Fsp3) is 0.417. The average Bonchev–Trinajstić information content (AvgIpc) is 3.17. The summed E-state index contributed by atoms with van der Waals surface area (Å²) in [4.78, 5) is 36.2. The van der Waals surface area contributed by atoms with Crippen molar-refractivity contribution in [2.24, 2.45) is 0 Å². The van der Waals surface area contributed by atoms with E-state index in [-0.39, 0.29) is 18.0 Å². The molecule has 0 spiro atoms. The van der Waals surface area contributed by atoms with Crippen molar-refractivity contribution in [3.63, 3.8) is 0 Å². The van der Waals surface area contributed by atoms with Gasteiger partial charge in [-0.1, -0.05) is 11.6 Å². The van der Waals surface area contributed by atoms with E-state index in [1.807, 2.05) is 12.1 Å². The summed E-state index contributed by atoms with van der Waals surface area (Å²) in [5, 5.41) is 18.5. The van der Waals surface area contributed by atoms with Crippen LogP contribution in [0.3, 0.4) is 0 Å². The number of likely N-dealkylation sites (tertiary alicyclic amines) is 1. The zero-order chi connectivity index (χ0) is 24.2. The summed E-state index contributed by atoms with van der Waals surface area (Å²) in [5.74, 6) is 1.06. The van der Waals surface area contributed by atoms with Crippen molar-refractivity contribution in [1.82, 2.24) is 24.8 Å². The highest BCUT2D eigenvalue weighted by Gasteiger charge is 2.42. The number of hydrogen-bond acceptors (Lipinski definition) is 8. The Hall–Kier alpha value is -2.50. The van der Waals surface area contributed by atoms with Crippen LogP contribution in [0.15, 0.2) is 40.2 Å². The normalized spacial score (nSPS) is 22.4. The topological polar surface area (TPSA) is 112 Å². The van der Waals surface area contributed by atoms with Crippen LogP contribution in [0.1, 0.15) is 24.1 Å². The summed E-state index contributed by atoms with van der Waals surface area (Å²) in [6.45, 7) is 2.86. The molecule has 3 aromatic rings. The molecule has 3 aromatic heterocycles. The molecule has 6 rings (SSSR count). The number of nitrogens with one attached hydrogen (secondary N) is 2. The standard InChI is InChI=1S/C24H25ClN6O3S/c25-16-10-27-17-2-4-20(33)31-13-24(34,21(16)22(17)31)12-30-7-5-14(6-8-30)26-9-15-1-3-18-23(28-15)29-19(32)11-35-18/h1-4,10,14,26,34H,5-9,11-13H2,(H,28,29,32). The van der Waals surface area contributed by atoms with Crippen LogP contribution in [0, 0.1) is 0 Å². The summed E-state index contributed by atoms with van der Waals surface area (Å²) >= 11 is 7.98. The first-order valence-corrected chi connectivity index (χ1v) is 13.1. The molecule has 0 bridgehead atoms. The van der Waals surface area contributed by atoms with Gasteiger partial charge in [0.2, 0.25) is 5.91 Å². The van der Waals surface area contributed by atoms with E-state index >= 15 is 0 Å². The molecule has 3 aliphatic rings. The van der Waals surface area contributed by atoms with Gasteiger partial charge in [0, 0.05) is 37.0 Å². The van der Waals surface area contributed by atoms with Crippen molar-refractivity contribution >= 4 is 46.1 Å². The second kappa shape index (κ2) is 8.86. The minimum atomic E-state index is -1.23. The van der Waals surface area contributed by atoms with Gasteiger partial charge in [0.25, 0.3) is 5.56 Å². The number of rotatable bonds is 5.